The van der Waals surface area contributed by atoms with Gasteiger partial charge in [-0.3, -0.25) is 9.78 Å². The van der Waals surface area contributed by atoms with Crippen LogP contribution in [0.1, 0.15) is 0 Å². The summed E-state index contributed by atoms with van der Waals surface area (Å²) in [6.07, 6.45) is 0. The van der Waals surface area contributed by atoms with Gasteiger partial charge in [-0.2, -0.15) is 0 Å². The van der Waals surface area contributed by atoms with E-state index in [0.29, 0.717) is 22.8 Å². The van der Waals surface area contributed by atoms with Gasteiger partial charge in [-0.25, -0.2) is 4.79 Å². The minimum Gasteiger partial charge on any atom is -0.457 e. The first-order valence-electron chi connectivity index (χ1n) is 6.38. The Morgan fingerprint density at radius 2 is 1.52 bits per heavy atom. The smallest absolute Gasteiger partial charge is 0.326 e. The molecule has 5 heteroatoms. The number of H-pyrrole nitrogens is 2. The van der Waals surface area contributed by atoms with Crippen molar-refractivity contribution < 1.29 is 4.74 Å². The molecule has 0 spiro atoms. The number of hydrogen-bond acceptors (Lipinski definition) is 3. The molecular formula is C16H12N2O3. The van der Waals surface area contributed by atoms with E-state index in [2.05, 4.69) is 9.97 Å². The topological polar surface area (TPSA) is 75.0 Å². The fourth-order valence-electron chi connectivity index (χ4n) is 1.98. The van der Waals surface area contributed by atoms with Crippen molar-refractivity contribution in [2.75, 3.05) is 0 Å². The molecule has 0 fully saturated rings. The molecule has 0 bridgehead atoms. The van der Waals surface area contributed by atoms with Crippen molar-refractivity contribution in [3.8, 4) is 22.8 Å². The van der Waals surface area contributed by atoms with Crippen molar-refractivity contribution in [2.45, 2.75) is 0 Å². The lowest BCUT2D eigenvalue weighted by Gasteiger charge is -2.07. The summed E-state index contributed by atoms with van der Waals surface area (Å²) in [4.78, 5) is 27.4. The van der Waals surface area contributed by atoms with Gasteiger partial charge in [-0.1, -0.05) is 30.3 Å². The number of benzene rings is 2. The second-order valence-corrected chi connectivity index (χ2v) is 4.44. The first kappa shape index (κ1) is 12.9. The molecule has 0 aliphatic carbocycles. The Hall–Kier alpha value is -3.08. The van der Waals surface area contributed by atoms with Crippen molar-refractivity contribution in [3.63, 3.8) is 0 Å². The normalized spacial score (nSPS) is 10.3. The summed E-state index contributed by atoms with van der Waals surface area (Å²) in [6, 6.07) is 17.9. The van der Waals surface area contributed by atoms with Crippen LogP contribution in [0.4, 0.5) is 0 Å². The van der Waals surface area contributed by atoms with Gasteiger partial charge in [0, 0.05) is 11.6 Å². The summed E-state index contributed by atoms with van der Waals surface area (Å²) >= 11 is 0. The maximum atomic E-state index is 11.4. The van der Waals surface area contributed by atoms with Crippen molar-refractivity contribution in [2.24, 2.45) is 0 Å². The molecule has 1 aromatic heterocycles. The molecule has 0 unspecified atom stereocenters. The number of ether oxygens (including phenoxy) is 1. The Morgan fingerprint density at radius 1 is 0.762 bits per heavy atom. The minimum atomic E-state index is -0.535. The number of aromatic nitrogens is 2. The number of rotatable bonds is 3. The third-order valence-corrected chi connectivity index (χ3v) is 2.88. The van der Waals surface area contributed by atoms with E-state index in [1.807, 2.05) is 36.4 Å². The second-order valence-electron chi connectivity index (χ2n) is 4.44. The summed E-state index contributed by atoms with van der Waals surface area (Å²) in [5, 5.41) is 0. The zero-order chi connectivity index (χ0) is 14.7. The van der Waals surface area contributed by atoms with E-state index in [4.69, 9.17) is 4.74 Å². The Kier molecular flexibility index (Phi) is 3.39. The van der Waals surface area contributed by atoms with Crippen LogP contribution in [0.2, 0.25) is 0 Å². The molecule has 104 valence electrons. The van der Waals surface area contributed by atoms with Gasteiger partial charge in [-0.15, -0.1) is 0 Å². The van der Waals surface area contributed by atoms with E-state index in [1.54, 1.807) is 18.2 Å². The molecule has 3 aromatic rings. The van der Waals surface area contributed by atoms with Gasteiger partial charge in [0.25, 0.3) is 5.56 Å². The lowest BCUT2D eigenvalue weighted by molar-refractivity contribution is 0.483. The molecule has 21 heavy (non-hydrogen) atoms. The van der Waals surface area contributed by atoms with Gasteiger partial charge < -0.3 is 9.72 Å². The highest BCUT2D eigenvalue weighted by Crippen LogP contribution is 2.25. The number of para-hydroxylation sites is 1. The Morgan fingerprint density at radius 3 is 2.29 bits per heavy atom. The summed E-state index contributed by atoms with van der Waals surface area (Å²) in [5.41, 5.74) is 0.170. The first-order valence-corrected chi connectivity index (χ1v) is 6.38. The van der Waals surface area contributed by atoms with Gasteiger partial charge in [0.1, 0.15) is 11.5 Å². The second kappa shape index (κ2) is 5.50. The molecule has 2 N–H and O–H groups in total. The van der Waals surface area contributed by atoms with E-state index in [-0.39, 0.29) is 0 Å². The van der Waals surface area contributed by atoms with Crippen molar-refractivity contribution in [1.29, 1.82) is 0 Å². The van der Waals surface area contributed by atoms with Gasteiger partial charge in [0.2, 0.25) is 0 Å². The summed E-state index contributed by atoms with van der Waals surface area (Å²) in [5.74, 6) is 1.34. The molecular weight excluding hydrogens is 268 g/mol. The van der Waals surface area contributed by atoms with E-state index >= 15 is 0 Å². The van der Waals surface area contributed by atoms with Crippen LogP contribution >= 0.6 is 0 Å². The molecule has 0 radical (unpaired) electrons. The van der Waals surface area contributed by atoms with Crippen LogP contribution in [0, 0.1) is 0 Å². The zero-order valence-electron chi connectivity index (χ0n) is 11.0. The van der Waals surface area contributed by atoms with E-state index < -0.39 is 11.2 Å². The van der Waals surface area contributed by atoms with Gasteiger partial charge in [-0.05, 0) is 24.3 Å². The fourth-order valence-corrected chi connectivity index (χ4v) is 1.98. The molecule has 0 saturated carbocycles. The predicted molar refractivity (Wildman–Crippen MR) is 79.6 cm³/mol. The zero-order valence-corrected chi connectivity index (χ0v) is 11.0. The van der Waals surface area contributed by atoms with E-state index in [0.717, 1.165) is 0 Å². The van der Waals surface area contributed by atoms with Crippen LogP contribution in [0.3, 0.4) is 0 Å². The first-order chi connectivity index (χ1) is 10.2. The Labute approximate surface area is 119 Å². The van der Waals surface area contributed by atoms with Crippen molar-refractivity contribution in [1.82, 2.24) is 9.97 Å². The highest BCUT2D eigenvalue weighted by molar-refractivity contribution is 5.60. The summed E-state index contributed by atoms with van der Waals surface area (Å²) < 4.78 is 5.72. The molecule has 0 aliphatic heterocycles. The van der Waals surface area contributed by atoms with E-state index in [1.165, 1.54) is 6.07 Å². The highest BCUT2D eigenvalue weighted by atomic mass is 16.5. The Balaban J connectivity index is 1.96. The monoisotopic (exact) mass is 280 g/mol. The van der Waals surface area contributed by atoms with Crippen LogP contribution in [0.5, 0.6) is 11.5 Å². The van der Waals surface area contributed by atoms with Crippen LogP contribution in [-0.2, 0) is 0 Å². The number of aromatic amines is 2. The lowest BCUT2D eigenvalue weighted by atomic mass is 10.1. The highest BCUT2D eigenvalue weighted by Gasteiger charge is 2.03. The maximum Gasteiger partial charge on any atom is 0.326 e. The van der Waals surface area contributed by atoms with Crippen molar-refractivity contribution in [3.05, 3.63) is 81.5 Å². The fraction of sp³-hybridized carbons (Fsp3) is 0. The largest absolute Gasteiger partial charge is 0.457 e. The standard InChI is InChI=1S/C16H12N2O3/c19-15-10-14(17-16(20)18-15)11-5-4-8-13(9-11)21-12-6-2-1-3-7-12/h1-10H,(H2,17,18,19,20). The van der Waals surface area contributed by atoms with Gasteiger partial charge in [0.05, 0.1) is 5.69 Å². The number of nitrogens with one attached hydrogen (secondary N) is 2. The summed E-state index contributed by atoms with van der Waals surface area (Å²) in [7, 11) is 0. The minimum absolute atomic E-state index is 0.442. The van der Waals surface area contributed by atoms with Crippen LogP contribution in [0.15, 0.2) is 70.3 Å². The molecule has 0 aliphatic rings. The average Bonchev–Trinajstić information content (AvgIpc) is 2.47. The van der Waals surface area contributed by atoms with Crippen molar-refractivity contribution >= 4 is 0 Å². The molecule has 0 atom stereocenters. The molecule has 5 nitrogen and oxygen atoms in total. The lowest BCUT2D eigenvalue weighted by Crippen LogP contribution is -2.21. The third-order valence-electron chi connectivity index (χ3n) is 2.88. The predicted octanol–water partition coefficient (Wildman–Crippen LogP) is 2.52. The molecule has 1 heterocycles. The Bertz CT molecular complexity index is 838. The molecule has 2 aromatic carbocycles. The average molecular weight is 280 g/mol. The van der Waals surface area contributed by atoms with Crippen LogP contribution in [0.25, 0.3) is 11.3 Å². The molecule has 0 amide bonds. The maximum absolute atomic E-state index is 11.4. The van der Waals surface area contributed by atoms with Crippen LogP contribution < -0.4 is 16.0 Å². The third kappa shape index (κ3) is 3.09. The quantitative estimate of drug-likeness (QED) is 0.774. The molecule has 0 saturated heterocycles. The van der Waals surface area contributed by atoms with Crippen LogP contribution in [-0.4, -0.2) is 9.97 Å². The molecule has 3 rings (SSSR count). The number of hydrogen-bond donors (Lipinski definition) is 2. The van der Waals surface area contributed by atoms with E-state index in [9.17, 15) is 9.59 Å². The summed E-state index contributed by atoms with van der Waals surface area (Å²) in [6.45, 7) is 0. The van der Waals surface area contributed by atoms with Gasteiger partial charge in [0.15, 0.2) is 0 Å². The SMILES string of the molecule is O=c1cc(-c2cccc(Oc3ccccc3)c2)[nH]c(=O)[nH]1. The van der Waals surface area contributed by atoms with Gasteiger partial charge >= 0.3 is 5.69 Å².